The van der Waals surface area contributed by atoms with Gasteiger partial charge in [0.25, 0.3) is 0 Å². The van der Waals surface area contributed by atoms with Crippen molar-refractivity contribution in [2.24, 2.45) is 0 Å². The molecule has 0 aromatic heterocycles. The van der Waals surface area contributed by atoms with Crippen molar-refractivity contribution < 1.29 is 27.8 Å². The number of hydrogen-bond acceptors (Lipinski definition) is 4. The van der Waals surface area contributed by atoms with Gasteiger partial charge in [0, 0.05) is 31.6 Å². The maximum Gasteiger partial charge on any atom is 0.419 e. The summed E-state index contributed by atoms with van der Waals surface area (Å²) >= 11 is 0. The van der Waals surface area contributed by atoms with E-state index in [0.29, 0.717) is 38.7 Å². The minimum Gasteiger partial charge on any atom is -0.449 e. The number of nitrogens with one attached hydrogen (secondary N) is 1. The number of β-amino-alcohol motifs (C(OH)–C–C–N with tert-alkyl or cyclic N) is 1. The molecule has 1 amide bonds. The Labute approximate surface area is 156 Å². The average molecular weight is 386 g/mol. The van der Waals surface area contributed by atoms with E-state index in [0.717, 1.165) is 5.56 Å². The quantitative estimate of drug-likeness (QED) is 0.817. The van der Waals surface area contributed by atoms with E-state index in [4.69, 9.17) is 4.74 Å². The molecular formula is C19H25F3N2O3. The molecule has 0 atom stereocenters. The smallest absolute Gasteiger partial charge is 0.419 e. The second kappa shape index (κ2) is 8.06. The third-order valence-corrected chi connectivity index (χ3v) is 5.46. The second-order valence-electron chi connectivity index (χ2n) is 7.46. The molecule has 0 bridgehead atoms. The van der Waals surface area contributed by atoms with Crippen LogP contribution in [0.5, 0.6) is 0 Å². The van der Waals surface area contributed by atoms with Crippen molar-refractivity contribution in [3.8, 4) is 0 Å². The fraction of sp³-hybridized carbons (Fsp3) is 0.632. The normalized spacial score (nSPS) is 25.5. The molecule has 1 aliphatic carbocycles. The predicted octanol–water partition coefficient (Wildman–Crippen LogP) is 2.88. The van der Waals surface area contributed by atoms with Crippen LogP contribution in [0.25, 0.3) is 0 Å². The molecule has 1 aromatic carbocycles. The summed E-state index contributed by atoms with van der Waals surface area (Å²) in [4.78, 5) is 13.6. The molecule has 1 saturated heterocycles. The first-order valence-corrected chi connectivity index (χ1v) is 9.27. The topological polar surface area (TPSA) is 61.8 Å². The number of likely N-dealkylation sites (tertiary alicyclic amines) is 1. The van der Waals surface area contributed by atoms with Gasteiger partial charge in [0.15, 0.2) is 5.60 Å². The molecule has 0 unspecified atom stereocenters. The van der Waals surface area contributed by atoms with Crippen molar-refractivity contribution in [3.63, 3.8) is 0 Å². The molecule has 1 heterocycles. The van der Waals surface area contributed by atoms with Crippen molar-refractivity contribution in [1.29, 1.82) is 0 Å². The van der Waals surface area contributed by atoms with Crippen molar-refractivity contribution in [2.75, 3.05) is 19.7 Å². The number of nitrogens with zero attached hydrogens (tertiary/aromatic N) is 1. The zero-order valence-electron chi connectivity index (χ0n) is 15.0. The summed E-state index contributed by atoms with van der Waals surface area (Å²) in [6.07, 6.45) is -1.60. The molecule has 1 aromatic rings. The Morgan fingerprint density at radius 3 is 2.41 bits per heavy atom. The lowest BCUT2D eigenvalue weighted by molar-refractivity contribution is -0.306. The van der Waals surface area contributed by atoms with Crippen molar-refractivity contribution in [1.82, 2.24) is 10.2 Å². The molecule has 150 valence electrons. The summed E-state index contributed by atoms with van der Waals surface area (Å²) in [5.74, 6) is 0. The van der Waals surface area contributed by atoms with Gasteiger partial charge in [0.2, 0.25) is 0 Å². The Kier molecular flexibility index (Phi) is 5.95. The molecule has 1 aliphatic heterocycles. The first-order valence-electron chi connectivity index (χ1n) is 9.27. The molecule has 5 nitrogen and oxygen atoms in total. The highest BCUT2D eigenvalue weighted by atomic mass is 19.4. The SMILES string of the molecule is O=C(NC1CCC(N2CC(O)(C(F)(F)F)C2)CC1)OCCc1ccccc1. The van der Waals surface area contributed by atoms with Crippen molar-refractivity contribution >= 4 is 6.09 Å². The number of carbonyl (C=O) groups is 1. The third-order valence-electron chi connectivity index (χ3n) is 5.46. The van der Waals surface area contributed by atoms with Gasteiger partial charge >= 0.3 is 12.3 Å². The number of benzene rings is 1. The minimum atomic E-state index is -4.58. The number of halogens is 3. The monoisotopic (exact) mass is 386 g/mol. The summed E-state index contributed by atoms with van der Waals surface area (Å²) in [6, 6.07) is 9.74. The Hall–Kier alpha value is -1.80. The van der Waals surface area contributed by atoms with E-state index in [9.17, 15) is 23.1 Å². The molecule has 0 radical (unpaired) electrons. The van der Waals surface area contributed by atoms with Gasteiger partial charge in [-0.05, 0) is 31.2 Å². The van der Waals surface area contributed by atoms with E-state index in [1.54, 1.807) is 4.90 Å². The molecule has 27 heavy (non-hydrogen) atoms. The number of alkyl carbamates (subject to hydrolysis) is 1. The first-order chi connectivity index (χ1) is 12.8. The minimum absolute atomic E-state index is 0.0201. The van der Waals surface area contributed by atoms with Crippen LogP contribution in [0, 0.1) is 0 Å². The van der Waals surface area contributed by atoms with Gasteiger partial charge in [0.05, 0.1) is 6.61 Å². The fourth-order valence-electron chi connectivity index (χ4n) is 3.76. The number of carbonyl (C=O) groups excluding carboxylic acids is 1. The Bertz CT molecular complexity index is 625. The number of amides is 1. The Morgan fingerprint density at radius 2 is 1.81 bits per heavy atom. The van der Waals surface area contributed by atoms with E-state index in [1.165, 1.54) is 0 Å². The molecule has 3 rings (SSSR count). The van der Waals surface area contributed by atoms with E-state index in [1.807, 2.05) is 30.3 Å². The van der Waals surface area contributed by atoms with Crippen molar-refractivity contribution in [2.45, 2.75) is 56.0 Å². The van der Waals surface area contributed by atoms with Crippen molar-refractivity contribution in [3.05, 3.63) is 35.9 Å². The largest absolute Gasteiger partial charge is 0.449 e. The molecular weight excluding hydrogens is 361 g/mol. The Balaban J connectivity index is 1.32. The van der Waals surface area contributed by atoms with Crippen LogP contribution in [0.2, 0.25) is 0 Å². The van der Waals surface area contributed by atoms with Crippen LogP contribution in [-0.4, -0.2) is 59.7 Å². The van der Waals surface area contributed by atoms with Gasteiger partial charge in [-0.15, -0.1) is 0 Å². The summed E-state index contributed by atoms with van der Waals surface area (Å²) in [5.41, 5.74) is -1.47. The standard InChI is InChI=1S/C19H25F3N2O3/c20-19(21,22)18(26)12-24(13-18)16-8-6-15(7-9-16)23-17(25)27-11-10-14-4-2-1-3-5-14/h1-5,15-16,26H,6-13H2,(H,23,25). The molecule has 2 N–H and O–H groups in total. The van der Waals surface area contributed by atoms with E-state index in [2.05, 4.69) is 5.32 Å². The summed E-state index contributed by atoms with van der Waals surface area (Å²) < 4.78 is 43.3. The van der Waals surface area contributed by atoms with Crippen LogP contribution < -0.4 is 5.32 Å². The zero-order valence-corrected chi connectivity index (χ0v) is 15.0. The molecule has 2 aliphatic rings. The maximum absolute atomic E-state index is 12.7. The zero-order chi connectivity index (χ0) is 19.5. The highest BCUT2D eigenvalue weighted by Gasteiger charge is 2.61. The highest BCUT2D eigenvalue weighted by molar-refractivity contribution is 5.67. The van der Waals surface area contributed by atoms with E-state index in [-0.39, 0.29) is 25.2 Å². The lowest BCUT2D eigenvalue weighted by atomic mass is 9.84. The molecule has 0 spiro atoms. The van der Waals surface area contributed by atoms with Gasteiger partial charge in [-0.2, -0.15) is 13.2 Å². The van der Waals surface area contributed by atoms with Gasteiger partial charge < -0.3 is 15.2 Å². The number of alkyl halides is 3. The first kappa shape index (κ1) is 19.9. The van der Waals surface area contributed by atoms with E-state index >= 15 is 0 Å². The third kappa shape index (κ3) is 4.93. The molecule has 2 fully saturated rings. The van der Waals surface area contributed by atoms with Crippen LogP contribution in [0.1, 0.15) is 31.2 Å². The summed E-state index contributed by atoms with van der Waals surface area (Å²) in [6.45, 7) is -0.420. The summed E-state index contributed by atoms with van der Waals surface area (Å²) in [7, 11) is 0. The number of ether oxygens (including phenoxy) is 1. The van der Waals surface area contributed by atoms with Gasteiger partial charge in [-0.1, -0.05) is 30.3 Å². The maximum atomic E-state index is 12.7. The average Bonchev–Trinajstić information content (AvgIpc) is 2.60. The second-order valence-corrected chi connectivity index (χ2v) is 7.46. The van der Waals surface area contributed by atoms with Crippen LogP contribution in [0.4, 0.5) is 18.0 Å². The molecule has 8 heteroatoms. The number of rotatable bonds is 5. The van der Waals surface area contributed by atoms with Gasteiger partial charge in [-0.3, -0.25) is 4.90 Å². The Morgan fingerprint density at radius 1 is 1.19 bits per heavy atom. The van der Waals surface area contributed by atoms with Gasteiger partial charge in [0.1, 0.15) is 0 Å². The lowest BCUT2D eigenvalue weighted by Crippen LogP contribution is -2.71. The fourth-order valence-corrected chi connectivity index (χ4v) is 3.76. The number of hydrogen-bond donors (Lipinski definition) is 2. The van der Waals surface area contributed by atoms with Crippen LogP contribution >= 0.6 is 0 Å². The van der Waals surface area contributed by atoms with E-state index < -0.39 is 17.9 Å². The van der Waals surface area contributed by atoms with Crippen LogP contribution in [0.3, 0.4) is 0 Å². The van der Waals surface area contributed by atoms with Crippen LogP contribution in [0.15, 0.2) is 30.3 Å². The van der Waals surface area contributed by atoms with Gasteiger partial charge in [-0.25, -0.2) is 4.79 Å². The summed E-state index contributed by atoms with van der Waals surface area (Å²) in [5, 5.41) is 12.4. The van der Waals surface area contributed by atoms with Crippen LogP contribution in [-0.2, 0) is 11.2 Å². The lowest BCUT2D eigenvalue weighted by Gasteiger charge is -2.51. The predicted molar refractivity (Wildman–Crippen MR) is 93.3 cm³/mol. The number of aliphatic hydroxyl groups is 1. The molecule has 1 saturated carbocycles. The highest BCUT2D eigenvalue weighted by Crippen LogP contribution is 2.40.